The van der Waals surface area contributed by atoms with Gasteiger partial charge in [0, 0.05) is 12.1 Å². The maximum absolute atomic E-state index is 11.7. The van der Waals surface area contributed by atoms with Crippen LogP contribution in [0.3, 0.4) is 0 Å². The molecule has 1 N–H and O–H groups in total. The van der Waals surface area contributed by atoms with Crippen molar-refractivity contribution < 1.29 is 4.79 Å². The molecule has 1 aliphatic carbocycles. The van der Waals surface area contributed by atoms with Gasteiger partial charge in [-0.1, -0.05) is 18.4 Å². The molecule has 1 amide bonds. The third-order valence-electron chi connectivity index (χ3n) is 3.01. The Labute approximate surface area is 102 Å². The number of hydrogen-bond donors (Lipinski definition) is 1. The first-order chi connectivity index (χ1) is 8.16. The monoisotopic (exact) mass is 233 g/mol. The van der Waals surface area contributed by atoms with E-state index >= 15 is 0 Å². The summed E-state index contributed by atoms with van der Waals surface area (Å²) < 4.78 is 1.95. The Morgan fingerprint density at radius 3 is 2.82 bits per heavy atom. The van der Waals surface area contributed by atoms with E-state index in [9.17, 15) is 4.79 Å². The smallest absolute Gasteiger partial charge is 0.249 e. The van der Waals surface area contributed by atoms with Gasteiger partial charge in [0.05, 0.1) is 12.2 Å². The zero-order valence-corrected chi connectivity index (χ0v) is 10.4. The van der Waals surface area contributed by atoms with Crippen LogP contribution in [0.1, 0.15) is 45.6 Å². The van der Waals surface area contributed by atoms with Crippen LogP contribution in [-0.4, -0.2) is 15.7 Å². The molecule has 4 nitrogen and oxygen atoms in total. The van der Waals surface area contributed by atoms with Crippen molar-refractivity contribution in [2.24, 2.45) is 0 Å². The summed E-state index contributed by atoms with van der Waals surface area (Å²) in [5, 5.41) is 7.20. The number of aromatic nitrogens is 2. The third-order valence-corrected chi connectivity index (χ3v) is 3.01. The van der Waals surface area contributed by atoms with Crippen molar-refractivity contribution >= 4 is 11.7 Å². The van der Waals surface area contributed by atoms with Gasteiger partial charge in [0.25, 0.3) is 0 Å². The molecule has 17 heavy (non-hydrogen) atoms. The van der Waals surface area contributed by atoms with Gasteiger partial charge >= 0.3 is 0 Å². The molecule has 0 atom stereocenters. The molecule has 0 bridgehead atoms. The molecule has 1 aromatic heterocycles. The highest BCUT2D eigenvalue weighted by atomic mass is 16.1. The normalized spacial score (nSPS) is 15.9. The number of carbonyl (C=O) groups is 1. The van der Waals surface area contributed by atoms with Crippen LogP contribution in [-0.2, 0) is 4.79 Å². The van der Waals surface area contributed by atoms with Gasteiger partial charge in [-0.05, 0) is 26.7 Å². The van der Waals surface area contributed by atoms with Gasteiger partial charge in [-0.2, -0.15) is 5.10 Å². The van der Waals surface area contributed by atoms with Gasteiger partial charge in [-0.3, -0.25) is 4.79 Å². The molecular formula is C13H19N3O. The fraction of sp³-hybridized carbons (Fsp3) is 0.538. The Balaban J connectivity index is 2.08. The second kappa shape index (κ2) is 5.17. The van der Waals surface area contributed by atoms with E-state index in [1.165, 1.54) is 12.8 Å². The summed E-state index contributed by atoms with van der Waals surface area (Å²) in [5.74, 6) is 0.726. The summed E-state index contributed by atoms with van der Waals surface area (Å²) in [7, 11) is 0. The van der Waals surface area contributed by atoms with Crippen LogP contribution in [0.4, 0.5) is 5.82 Å². The van der Waals surface area contributed by atoms with Gasteiger partial charge in [0.1, 0.15) is 5.82 Å². The van der Waals surface area contributed by atoms with E-state index in [4.69, 9.17) is 0 Å². The summed E-state index contributed by atoms with van der Waals surface area (Å²) in [6.07, 6.45) is 8.18. The second-order valence-corrected chi connectivity index (χ2v) is 4.81. The molecule has 1 saturated carbocycles. The van der Waals surface area contributed by atoms with Crippen molar-refractivity contribution in [1.82, 2.24) is 9.78 Å². The highest BCUT2D eigenvalue weighted by Gasteiger charge is 2.20. The van der Waals surface area contributed by atoms with Crippen LogP contribution >= 0.6 is 0 Å². The summed E-state index contributed by atoms with van der Waals surface area (Å²) in [4.78, 5) is 11.7. The molecule has 0 saturated heterocycles. The quantitative estimate of drug-likeness (QED) is 0.816. The molecule has 0 unspecified atom stereocenters. The van der Waals surface area contributed by atoms with Crippen molar-refractivity contribution in [3.05, 3.63) is 23.9 Å². The SMILES string of the molecule is CC(C)=CC(=O)Nc1ccnn1C1CCCC1. The Hall–Kier alpha value is -1.58. The summed E-state index contributed by atoms with van der Waals surface area (Å²) in [5.41, 5.74) is 0.995. The predicted octanol–water partition coefficient (Wildman–Crippen LogP) is 2.90. The molecular weight excluding hydrogens is 214 g/mol. The number of carbonyl (C=O) groups excluding carboxylic acids is 1. The molecule has 0 aromatic carbocycles. The van der Waals surface area contributed by atoms with Gasteiger partial charge in [0.15, 0.2) is 0 Å². The van der Waals surface area contributed by atoms with Gasteiger partial charge in [-0.25, -0.2) is 4.68 Å². The average Bonchev–Trinajstić information content (AvgIpc) is 2.84. The molecule has 1 aromatic rings. The highest BCUT2D eigenvalue weighted by Crippen LogP contribution is 2.31. The van der Waals surface area contributed by atoms with Crippen LogP contribution < -0.4 is 5.32 Å². The molecule has 1 heterocycles. The Morgan fingerprint density at radius 1 is 1.47 bits per heavy atom. The Morgan fingerprint density at radius 2 is 2.18 bits per heavy atom. The number of allylic oxidation sites excluding steroid dienone is 1. The fourth-order valence-electron chi connectivity index (χ4n) is 2.28. The number of rotatable bonds is 3. The maximum Gasteiger partial charge on any atom is 0.249 e. The van der Waals surface area contributed by atoms with Crippen LogP contribution in [0.15, 0.2) is 23.9 Å². The van der Waals surface area contributed by atoms with E-state index in [2.05, 4.69) is 10.4 Å². The maximum atomic E-state index is 11.7. The Kier molecular flexibility index (Phi) is 3.61. The molecule has 1 fully saturated rings. The van der Waals surface area contributed by atoms with Crippen molar-refractivity contribution in [2.45, 2.75) is 45.6 Å². The summed E-state index contributed by atoms with van der Waals surface area (Å²) in [6.45, 7) is 3.82. The minimum absolute atomic E-state index is 0.0789. The summed E-state index contributed by atoms with van der Waals surface area (Å²) in [6, 6.07) is 2.31. The van der Waals surface area contributed by atoms with Crippen LogP contribution in [0, 0.1) is 0 Å². The zero-order chi connectivity index (χ0) is 12.3. The van der Waals surface area contributed by atoms with E-state index in [1.54, 1.807) is 12.3 Å². The molecule has 92 valence electrons. The lowest BCUT2D eigenvalue weighted by molar-refractivity contribution is -0.112. The van der Waals surface area contributed by atoms with E-state index < -0.39 is 0 Å². The van der Waals surface area contributed by atoms with E-state index in [-0.39, 0.29) is 5.91 Å². The number of nitrogens with zero attached hydrogens (tertiary/aromatic N) is 2. The van der Waals surface area contributed by atoms with E-state index in [0.29, 0.717) is 6.04 Å². The minimum atomic E-state index is -0.0789. The van der Waals surface area contributed by atoms with Crippen molar-refractivity contribution in [3.63, 3.8) is 0 Å². The largest absolute Gasteiger partial charge is 0.307 e. The molecule has 4 heteroatoms. The van der Waals surface area contributed by atoms with Crippen molar-refractivity contribution in [2.75, 3.05) is 5.32 Å². The molecule has 0 aliphatic heterocycles. The zero-order valence-electron chi connectivity index (χ0n) is 10.4. The molecule has 1 aliphatic rings. The first-order valence-electron chi connectivity index (χ1n) is 6.16. The van der Waals surface area contributed by atoms with Crippen LogP contribution in [0.5, 0.6) is 0 Å². The van der Waals surface area contributed by atoms with Gasteiger partial charge in [-0.15, -0.1) is 0 Å². The van der Waals surface area contributed by atoms with Crippen molar-refractivity contribution in [1.29, 1.82) is 0 Å². The molecule has 2 rings (SSSR count). The molecule has 0 spiro atoms. The fourth-order valence-corrected chi connectivity index (χ4v) is 2.28. The first kappa shape index (κ1) is 11.9. The Bertz CT molecular complexity index is 424. The lowest BCUT2D eigenvalue weighted by Gasteiger charge is -2.14. The van der Waals surface area contributed by atoms with Crippen molar-refractivity contribution in [3.8, 4) is 0 Å². The molecule has 0 radical (unpaired) electrons. The highest BCUT2D eigenvalue weighted by molar-refractivity contribution is 5.99. The van der Waals surface area contributed by atoms with Crippen LogP contribution in [0.2, 0.25) is 0 Å². The van der Waals surface area contributed by atoms with Crippen LogP contribution in [0.25, 0.3) is 0 Å². The standard InChI is InChI=1S/C13H19N3O/c1-10(2)9-13(17)15-12-7-8-14-16(12)11-5-3-4-6-11/h7-9,11H,3-6H2,1-2H3,(H,15,17). The predicted molar refractivity (Wildman–Crippen MR) is 67.8 cm³/mol. The van der Waals surface area contributed by atoms with Gasteiger partial charge < -0.3 is 5.32 Å². The lowest BCUT2D eigenvalue weighted by Crippen LogP contribution is -2.16. The van der Waals surface area contributed by atoms with E-state index in [1.807, 2.05) is 24.6 Å². The topological polar surface area (TPSA) is 46.9 Å². The van der Waals surface area contributed by atoms with Gasteiger partial charge in [0.2, 0.25) is 5.91 Å². The number of nitrogens with one attached hydrogen (secondary N) is 1. The second-order valence-electron chi connectivity index (χ2n) is 4.81. The first-order valence-corrected chi connectivity index (χ1v) is 6.16. The number of hydrogen-bond acceptors (Lipinski definition) is 2. The third kappa shape index (κ3) is 2.96. The number of amides is 1. The number of anilines is 1. The average molecular weight is 233 g/mol. The lowest BCUT2D eigenvalue weighted by atomic mass is 10.2. The van der Waals surface area contributed by atoms with E-state index in [0.717, 1.165) is 24.2 Å². The minimum Gasteiger partial charge on any atom is -0.307 e. The summed E-state index contributed by atoms with van der Waals surface area (Å²) >= 11 is 0.